The molecule has 11 heteroatoms. The number of tetrazole rings is 1. The molecule has 0 spiro atoms. The molecule has 184 valence electrons. The molecule has 0 radical (unpaired) electrons. The number of amides is 1. The van der Waals surface area contributed by atoms with Crippen molar-refractivity contribution in [3.05, 3.63) is 107 Å². The van der Waals surface area contributed by atoms with E-state index in [1.165, 1.54) is 27.2 Å². The summed E-state index contributed by atoms with van der Waals surface area (Å²) in [6, 6.07) is 23.4. The van der Waals surface area contributed by atoms with Crippen LogP contribution in [-0.4, -0.2) is 43.7 Å². The van der Waals surface area contributed by atoms with Gasteiger partial charge in [-0.1, -0.05) is 54.1 Å². The van der Waals surface area contributed by atoms with Gasteiger partial charge in [-0.15, -0.1) is 16.4 Å². The maximum atomic E-state index is 13.3. The van der Waals surface area contributed by atoms with Crippen molar-refractivity contribution in [3.63, 3.8) is 0 Å². The topological polar surface area (TPSA) is 103 Å². The molecule has 2 heterocycles. The van der Waals surface area contributed by atoms with Crippen LogP contribution >= 0.6 is 22.9 Å². The van der Waals surface area contributed by atoms with Crippen molar-refractivity contribution < 1.29 is 14.3 Å². The molecule has 1 amide bonds. The van der Waals surface area contributed by atoms with E-state index in [1.54, 1.807) is 36.4 Å². The van der Waals surface area contributed by atoms with Crippen molar-refractivity contribution in [1.82, 2.24) is 25.2 Å². The molecule has 0 bridgehead atoms. The highest BCUT2D eigenvalue weighted by atomic mass is 35.5. The van der Waals surface area contributed by atoms with E-state index in [4.69, 9.17) is 16.3 Å². The number of halogens is 1. The zero-order valence-corrected chi connectivity index (χ0v) is 20.8. The van der Waals surface area contributed by atoms with Gasteiger partial charge < -0.3 is 4.74 Å². The Balaban J connectivity index is 1.30. The average Bonchev–Trinajstić information content (AvgIpc) is 3.65. The van der Waals surface area contributed by atoms with Gasteiger partial charge in [0.2, 0.25) is 0 Å². The lowest BCUT2D eigenvalue weighted by Gasteiger charge is -2.20. The molecule has 5 rings (SSSR count). The van der Waals surface area contributed by atoms with Crippen LogP contribution in [0.15, 0.2) is 90.6 Å². The molecule has 0 aliphatic rings. The van der Waals surface area contributed by atoms with E-state index in [9.17, 15) is 9.59 Å². The maximum absolute atomic E-state index is 13.3. The van der Waals surface area contributed by atoms with E-state index in [-0.39, 0.29) is 12.5 Å². The predicted octanol–water partition coefficient (Wildman–Crippen LogP) is 4.83. The van der Waals surface area contributed by atoms with Crippen molar-refractivity contribution >= 4 is 39.9 Å². The fourth-order valence-electron chi connectivity index (χ4n) is 3.49. The van der Waals surface area contributed by atoms with Crippen molar-refractivity contribution in [3.8, 4) is 16.9 Å². The first kappa shape index (κ1) is 24.3. The van der Waals surface area contributed by atoms with Crippen molar-refractivity contribution in [2.75, 3.05) is 11.5 Å². The van der Waals surface area contributed by atoms with Crippen LogP contribution in [0.3, 0.4) is 0 Å². The molecule has 0 saturated heterocycles. The summed E-state index contributed by atoms with van der Waals surface area (Å²) in [6.45, 7) is -0.151. The largest absolute Gasteiger partial charge is 0.452 e. The van der Waals surface area contributed by atoms with Crippen molar-refractivity contribution in [2.24, 2.45) is 0 Å². The van der Waals surface area contributed by atoms with Gasteiger partial charge in [-0.05, 0) is 52.4 Å². The number of anilines is 1. The minimum absolute atomic E-state index is 0.283. The third-order valence-electron chi connectivity index (χ3n) is 5.39. The molecule has 0 unspecified atom stereocenters. The molecule has 0 aliphatic heterocycles. The Bertz CT molecular complexity index is 1490. The number of ether oxygens (including phenoxy) is 1. The van der Waals surface area contributed by atoms with E-state index in [1.807, 2.05) is 47.8 Å². The third-order valence-corrected chi connectivity index (χ3v) is 6.51. The number of hydrogen-bond acceptors (Lipinski definition) is 8. The van der Waals surface area contributed by atoms with E-state index in [0.29, 0.717) is 21.4 Å². The summed E-state index contributed by atoms with van der Waals surface area (Å²) in [4.78, 5) is 32.1. The Morgan fingerprint density at radius 3 is 2.43 bits per heavy atom. The second-order valence-corrected chi connectivity index (χ2v) is 9.14. The first-order chi connectivity index (χ1) is 18.1. The second kappa shape index (κ2) is 11.1. The fourth-order valence-corrected chi connectivity index (χ4v) is 4.46. The molecule has 2 aromatic heterocycles. The summed E-state index contributed by atoms with van der Waals surface area (Å²) in [5.41, 5.74) is 3.52. The van der Waals surface area contributed by atoms with E-state index < -0.39 is 12.6 Å². The molecule has 5 aromatic rings. The van der Waals surface area contributed by atoms with Gasteiger partial charge in [-0.2, -0.15) is 0 Å². The van der Waals surface area contributed by atoms with Gasteiger partial charge in [0.05, 0.1) is 23.5 Å². The van der Waals surface area contributed by atoms with Crippen LogP contribution in [0.1, 0.15) is 15.9 Å². The van der Waals surface area contributed by atoms with Crippen LogP contribution in [0.2, 0.25) is 5.02 Å². The van der Waals surface area contributed by atoms with Gasteiger partial charge in [0.25, 0.3) is 5.91 Å². The summed E-state index contributed by atoms with van der Waals surface area (Å²) < 4.78 is 6.81. The van der Waals surface area contributed by atoms with E-state index in [2.05, 4.69) is 20.5 Å². The summed E-state index contributed by atoms with van der Waals surface area (Å²) >= 11 is 7.34. The third kappa shape index (κ3) is 5.88. The lowest BCUT2D eigenvalue weighted by Crippen LogP contribution is -2.34. The van der Waals surface area contributed by atoms with Gasteiger partial charge in [0, 0.05) is 16.0 Å². The number of carbonyl (C=O) groups excluding carboxylic acids is 2. The number of thiazole rings is 1. The molecule has 0 saturated carbocycles. The normalized spacial score (nSPS) is 10.7. The number of carbonyl (C=O) groups is 2. The Morgan fingerprint density at radius 1 is 0.973 bits per heavy atom. The zero-order chi connectivity index (χ0) is 25.6. The monoisotopic (exact) mass is 530 g/mol. The standard InChI is InChI=1S/C26H19ClN6O3S/c27-21-10-6-19(7-11-21)23-16-37-26(29-23)32(14-18-4-2-1-3-5-18)24(34)15-36-25(35)20-8-12-22(13-9-20)33-17-28-30-31-33/h1-13,16-17H,14-15H2. The molecule has 0 N–H and O–H groups in total. The first-order valence-electron chi connectivity index (χ1n) is 11.1. The van der Waals surface area contributed by atoms with Crippen LogP contribution < -0.4 is 4.90 Å². The quantitative estimate of drug-likeness (QED) is 0.265. The summed E-state index contributed by atoms with van der Waals surface area (Å²) in [6.07, 6.45) is 1.45. The maximum Gasteiger partial charge on any atom is 0.338 e. The van der Waals surface area contributed by atoms with Gasteiger partial charge in [-0.3, -0.25) is 9.69 Å². The lowest BCUT2D eigenvalue weighted by atomic mass is 10.2. The second-order valence-electron chi connectivity index (χ2n) is 7.87. The number of esters is 1. The molecule has 37 heavy (non-hydrogen) atoms. The lowest BCUT2D eigenvalue weighted by molar-refractivity contribution is -0.121. The summed E-state index contributed by atoms with van der Waals surface area (Å²) in [5, 5.41) is 14.0. The van der Waals surface area contributed by atoms with Crippen LogP contribution in [0, 0.1) is 0 Å². The zero-order valence-electron chi connectivity index (χ0n) is 19.3. The molecular formula is C26H19ClN6O3S. The summed E-state index contributed by atoms with van der Waals surface area (Å²) in [7, 11) is 0. The van der Waals surface area contributed by atoms with Crippen molar-refractivity contribution in [2.45, 2.75) is 6.54 Å². The minimum atomic E-state index is -0.614. The summed E-state index contributed by atoms with van der Waals surface area (Å²) in [5.74, 6) is -1.00. The van der Waals surface area contributed by atoms with Gasteiger partial charge >= 0.3 is 5.97 Å². The number of nitrogens with zero attached hydrogens (tertiary/aromatic N) is 6. The van der Waals surface area contributed by atoms with Gasteiger partial charge in [0.1, 0.15) is 6.33 Å². The smallest absolute Gasteiger partial charge is 0.338 e. The Kier molecular flexibility index (Phi) is 7.29. The number of hydrogen-bond donors (Lipinski definition) is 0. The highest BCUT2D eigenvalue weighted by molar-refractivity contribution is 7.14. The Morgan fingerprint density at radius 2 is 1.73 bits per heavy atom. The van der Waals surface area contributed by atoms with E-state index in [0.717, 1.165) is 16.8 Å². The van der Waals surface area contributed by atoms with Crippen LogP contribution in [-0.2, 0) is 16.1 Å². The number of rotatable bonds is 8. The molecular weight excluding hydrogens is 512 g/mol. The van der Waals surface area contributed by atoms with Gasteiger partial charge in [0.15, 0.2) is 11.7 Å². The minimum Gasteiger partial charge on any atom is -0.452 e. The number of aromatic nitrogens is 5. The van der Waals surface area contributed by atoms with Gasteiger partial charge in [-0.25, -0.2) is 14.5 Å². The average molecular weight is 531 g/mol. The first-order valence-corrected chi connectivity index (χ1v) is 12.4. The molecule has 0 aliphatic carbocycles. The molecule has 3 aromatic carbocycles. The Hall–Kier alpha value is -4.41. The fraction of sp³-hybridized carbons (Fsp3) is 0.0769. The molecule has 0 fully saturated rings. The number of benzene rings is 3. The van der Waals surface area contributed by atoms with Crippen LogP contribution in [0.4, 0.5) is 5.13 Å². The van der Waals surface area contributed by atoms with Crippen LogP contribution in [0.5, 0.6) is 0 Å². The molecule has 0 atom stereocenters. The highest BCUT2D eigenvalue weighted by Crippen LogP contribution is 2.29. The predicted molar refractivity (Wildman–Crippen MR) is 140 cm³/mol. The van der Waals surface area contributed by atoms with Crippen LogP contribution in [0.25, 0.3) is 16.9 Å². The highest BCUT2D eigenvalue weighted by Gasteiger charge is 2.22. The van der Waals surface area contributed by atoms with Crippen molar-refractivity contribution in [1.29, 1.82) is 0 Å². The Labute approximate surface area is 220 Å². The molecule has 9 nitrogen and oxygen atoms in total. The van der Waals surface area contributed by atoms with E-state index >= 15 is 0 Å². The SMILES string of the molecule is O=C(OCC(=O)N(Cc1ccccc1)c1nc(-c2ccc(Cl)cc2)cs1)c1ccc(-n2cnnn2)cc1.